The lowest BCUT2D eigenvalue weighted by Gasteiger charge is -2.18. The van der Waals surface area contributed by atoms with Crippen molar-refractivity contribution < 1.29 is 5.11 Å². The van der Waals surface area contributed by atoms with Gasteiger partial charge in [-0.15, -0.1) is 0 Å². The van der Waals surface area contributed by atoms with Gasteiger partial charge in [0.25, 0.3) is 0 Å². The van der Waals surface area contributed by atoms with E-state index in [2.05, 4.69) is 45.9 Å². The van der Waals surface area contributed by atoms with Crippen LogP contribution in [-0.4, -0.2) is 43.6 Å². The molecule has 6 heteroatoms. The second-order valence-electron chi connectivity index (χ2n) is 6.76. The van der Waals surface area contributed by atoms with E-state index < -0.39 is 0 Å². The number of imidazole rings is 1. The van der Waals surface area contributed by atoms with Gasteiger partial charge in [0.05, 0.1) is 12.3 Å². The van der Waals surface area contributed by atoms with Crippen LogP contribution in [0.15, 0.2) is 43.0 Å². The van der Waals surface area contributed by atoms with Gasteiger partial charge in [-0.1, -0.05) is 6.07 Å². The van der Waals surface area contributed by atoms with Gasteiger partial charge in [0.1, 0.15) is 5.82 Å². The van der Waals surface area contributed by atoms with Gasteiger partial charge in [0.2, 0.25) is 0 Å². The summed E-state index contributed by atoms with van der Waals surface area (Å²) in [6, 6.07) is 6.73. The van der Waals surface area contributed by atoms with Crippen molar-refractivity contribution in [1.82, 2.24) is 24.6 Å². The minimum atomic E-state index is 0.157. The third-order valence-electron chi connectivity index (χ3n) is 4.90. The van der Waals surface area contributed by atoms with E-state index in [1.165, 1.54) is 11.1 Å². The van der Waals surface area contributed by atoms with Gasteiger partial charge in [-0.3, -0.25) is 0 Å². The van der Waals surface area contributed by atoms with Crippen LogP contribution in [0, 0.1) is 13.8 Å². The predicted octanol–water partition coefficient (Wildman–Crippen LogP) is 2.25. The molecule has 0 aliphatic carbocycles. The minimum Gasteiger partial charge on any atom is -0.395 e. The Morgan fingerprint density at radius 2 is 2.12 bits per heavy atom. The molecule has 0 spiro atoms. The molecular formula is C19H23N5O. The summed E-state index contributed by atoms with van der Waals surface area (Å²) in [7, 11) is 0. The van der Waals surface area contributed by atoms with Crippen molar-refractivity contribution in [2.45, 2.75) is 32.4 Å². The number of hydrogen-bond donors (Lipinski definition) is 2. The molecule has 0 bridgehead atoms. The van der Waals surface area contributed by atoms with E-state index in [4.69, 9.17) is 0 Å². The highest BCUT2D eigenvalue weighted by Gasteiger charge is 2.27. The van der Waals surface area contributed by atoms with E-state index in [0.29, 0.717) is 6.04 Å². The first kappa shape index (κ1) is 16.1. The molecule has 25 heavy (non-hydrogen) atoms. The summed E-state index contributed by atoms with van der Waals surface area (Å²) in [4.78, 5) is 4.67. The fourth-order valence-electron chi connectivity index (χ4n) is 3.80. The number of benzene rings is 1. The molecule has 3 aromatic rings. The normalized spacial score (nSPS) is 20.3. The van der Waals surface area contributed by atoms with Crippen LogP contribution in [0.25, 0.3) is 17.1 Å². The van der Waals surface area contributed by atoms with Crippen molar-refractivity contribution in [3.63, 3.8) is 0 Å². The molecule has 1 aliphatic rings. The van der Waals surface area contributed by atoms with Gasteiger partial charge in [-0.2, -0.15) is 5.10 Å². The van der Waals surface area contributed by atoms with Gasteiger partial charge in [-0.25, -0.2) is 9.67 Å². The van der Waals surface area contributed by atoms with Crippen LogP contribution in [0.3, 0.4) is 0 Å². The molecule has 0 amide bonds. The number of nitrogens with zero attached hydrogens (tertiary/aromatic N) is 4. The summed E-state index contributed by atoms with van der Waals surface area (Å²) >= 11 is 0. The van der Waals surface area contributed by atoms with Crippen molar-refractivity contribution >= 4 is 0 Å². The van der Waals surface area contributed by atoms with Crippen LogP contribution in [0.5, 0.6) is 0 Å². The molecule has 130 valence electrons. The Morgan fingerprint density at radius 3 is 2.84 bits per heavy atom. The van der Waals surface area contributed by atoms with E-state index in [9.17, 15) is 5.11 Å². The molecular weight excluding hydrogens is 314 g/mol. The molecule has 2 atom stereocenters. The molecule has 0 unspecified atom stereocenters. The van der Waals surface area contributed by atoms with E-state index in [-0.39, 0.29) is 12.6 Å². The largest absolute Gasteiger partial charge is 0.395 e. The lowest BCUT2D eigenvalue weighted by Crippen LogP contribution is -2.24. The Balaban J connectivity index is 1.83. The summed E-state index contributed by atoms with van der Waals surface area (Å²) in [5.74, 6) is 0.947. The first-order chi connectivity index (χ1) is 12.2. The van der Waals surface area contributed by atoms with E-state index >= 15 is 0 Å². The summed E-state index contributed by atoms with van der Waals surface area (Å²) in [6.45, 7) is 5.23. The fraction of sp³-hybridized carbons (Fsp3) is 0.368. The number of rotatable bonds is 4. The summed E-state index contributed by atoms with van der Waals surface area (Å²) in [5, 5.41) is 17.2. The highest BCUT2D eigenvalue weighted by atomic mass is 16.3. The van der Waals surface area contributed by atoms with Crippen molar-refractivity contribution in [3.8, 4) is 17.1 Å². The zero-order valence-electron chi connectivity index (χ0n) is 14.6. The van der Waals surface area contributed by atoms with Gasteiger partial charge in [0, 0.05) is 49.0 Å². The maximum Gasteiger partial charge on any atom is 0.142 e. The van der Waals surface area contributed by atoms with Crippen molar-refractivity contribution in [3.05, 3.63) is 54.1 Å². The quantitative estimate of drug-likeness (QED) is 0.766. The number of aryl methyl sites for hydroxylation is 2. The van der Waals surface area contributed by atoms with Crippen LogP contribution in [-0.2, 0) is 0 Å². The highest BCUT2D eigenvalue weighted by Crippen LogP contribution is 2.32. The second-order valence-corrected chi connectivity index (χ2v) is 6.76. The maximum atomic E-state index is 9.41. The van der Waals surface area contributed by atoms with Crippen LogP contribution in [0.1, 0.15) is 23.6 Å². The zero-order valence-corrected chi connectivity index (χ0v) is 14.6. The topological polar surface area (TPSA) is 67.9 Å². The maximum absolute atomic E-state index is 9.41. The summed E-state index contributed by atoms with van der Waals surface area (Å²) in [5.41, 5.74) is 4.52. The number of aliphatic hydroxyl groups is 1. The molecule has 1 aromatic carbocycles. The summed E-state index contributed by atoms with van der Waals surface area (Å²) < 4.78 is 4.14. The zero-order chi connectivity index (χ0) is 17.4. The molecule has 0 radical (unpaired) electrons. The molecule has 1 fully saturated rings. The molecule has 2 aromatic heterocycles. The third-order valence-corrected chi connectivity index (χ3v) is 4.90. The number of hydrogen-bond acceptors (Lipinski definition) is 4. The van der Waals surface area contributed by atoms with E-state index in [1.54, 1.807) is 6.20 Å². The summed E-state index contributed by atoms with van der Waals surface area (Å²) in [6.07, 6.45) is 8.55. The molecule has 3 heterocycles. The average Bonchev–Trinajstić information content (AvgIpc) is 3.33. The molecule has 4 rings (SSSR count). The van der Waals surface area contributed by atoms with Crippen LogP contribution >= 0.6 is 0 Å². The standard InChI is InChI=1S/C19H23N5O/c1-13-8-14(2)18(24-6-3-4-22-24)17(9-13)19-20-5-7-23(19)16-10-15(12-25)21-11-16/h3-9,15-16,21,25H,10-12H2,1-2H3/t15-,16-/m0/s1. The molecule has 1 aliphatic heterocycles. The lowest BCUT2D eigenvalue weighted by atomic mass is 10.0. The fourth-order valence-corrected chi connectivity index (χ4v) is 3.80. The van der Waals surface area contributed by atoms with E-state index in [0.717, 1.165) is 30.0 Å². The van der Waals surface area contributed by atoms with Gasteiger partial charge >= 0.3 is 0 Å². The second kappa shape index (κ2) is 6.46. The molecule has 1 saturated heterocycles. The van der Waals surface area contributed by atoms with Crippen LogP contribution in [0.4, 0.5) is 0 Å². The minimum absolute atomic E-state index is 0.157. The van der Waals surface area contributed by atoms with Gasteiger partial charge in [-0.05, 0) is 43.5 Å². The SMILES string of the molecule is Cc1cc(C)c(-n2cccn2)c(-c2nccn2[C@@H]2CN[C@H](CO)C2)c1. The van der Waals surface area contributed by atoms with Crippen molar-refractivity contribution in [2.75, 3.05) is 13.2 Å². The number of aromatic nitrogens is 4. The van der Waals surface area contributed by atoms with Crippen LogP contribution < -0.4 is 5.32 Å². The highest BCUT2D eigenvalue weighted by molar-refractivity contribution is 5.71. The lowest BCUT2D eigenvalue weighted by molar-refractivity contribution is 0.253. The predicted molar refractivity (Wildman–Crippen MR) is 96.8 cm³/mol. The Labute approximate surface area is 147 Å². The van der Waals surface area contributed by atoms with Gasteiger partial charge in [0.15, 0.2) is 0 Å². The first-order valence-electron chi connectivity index (χ1n) is 8.66. The Morgan fingerprint density at radius 1 is 1.24 bits per heavy atom. The molecule has 2 N–H and O–H groups in total. The van der Waals surface area contributed by atoms with Crippen molar-refractivity contribution in [2.24, 2.45) is 0 Å². The monoisotopic (exact) mass is 337 g/mol. The van der Waals surface area contributed by atoms with Crippen molar-refractivity contribution in [1.29, 1.82) is 0 Å². The molecule has 0 saturated carbocycles. The Kier molecular flexibility index (Phi) is 4.15. The Hall–Kier alpha value is -2.44. The smallest absolute Gasteiger partial charge is 0.142 e. The Bertz CT molecular complexity index is 868. The molecule has 6 nitrogen and oxygen atoms in total. The first-order valence-corrected chi connectivity index (χ1v) is 8.66. The third kappa shape index (κ3) is 2.88. The van der Waals surface area contributed by atoms with E-state index in [1.807, 2.05) is 29.3 Å². The number of nitrogens with one attached hydrogen (secondary N) is 1. The number of aliphatic hydroxyl groups excluding tert-OH is 1. The van der Waals surface area contributed by atoms with Crippen LogP contribution in [0.2, 0.25) is 0 Å². The van der Waals surface area contributed by atoms with Gasteiger partial charge < -0.3 is 15.0 Å². The average molecular weight is 337 g/mol.